The lowest BCUT2D eigenvalue weighted by Crippen LogP contribution is -2.30. The lowest BCUT2D eigenvalue weighted by atomic mass is 10.2. The molecule has 1 amide bonds. The molecule has 0 bridgehead atoms. The quantitative estimate of drug-likeness (QED) is 0.321. The van der Waals surface area contributed by atoms with E-state index in [1.807, 2.05) is 38.1 Å². The smallest absolute Gasteiger partial charge is 0.263 e. The van der Waals surface area contributed by atoms with Gasteiger partial charge in [-0.2, -0.15) is 9.40 Å². The normalized spacial score (nSPS) is 11.7. The molecule has 0 aliphatic carbocycles. The maximum atomic E-state index is 12.8. The van der Waals surface area contributed by atoms with Crippen molar-refractivity contribution in [2.45, 2.75) is 25.3 Å². The highest BCUT2D eigenvalue weighted by molar-refractivity contribution is 7.89. The third-order valence-electron chi connectivity index (χ3n) is 5.70. The SMILES string of the molecule is CCN(CC)S(=O)(=O)c1ccc(Cn2nc(NC(=O)COc3ccc(Cl)cc3)c3ccccc32)cc1. The lowest BCUT2D eigenvalue weighted by molar-refractivity contribution is -0.118. The number of nitrogens with zero attached hydrogens (tertiary/aromatic N) is 3. The van der Waals surface area contributed by atoms with Gasteiger partial charge >= 0.3 is 0 Å². The van der Waals surface area contributed by atoms with E-state index in [1.165, 1.54) is 4.31 Å². The second kappa shape index (κ2) is 11.1. The minimum atomic E-state index is -3.52. The van der Waals surface area contributed by atoms with E-state index in [9.17, 15) is 13.2 Å². The van der Waals surface area contributed by atoms with Crippen LogP contribution in [0, 0.1) is 0 Å². The number of hydrogen-bond donors (Lipinski definition) is 1. The summed E-state index contributed by atoms with van der Waals surface area (Å²) >= 11 is 5.88. The first kappa shape index (κ1) is 25.7. The van der Waals surface area contributed by atoms with E-state index >= 15 is 0 Å². The Hall–Kier alpha value is -3.40. The predicted molar refractivity (Wildman–Crippen MR) is 141 cm³/mol. The number of rotatable bonds is 10. The monoisotopic (exact) mass is 526 g/mol. The number of fused-ring (bicyclic) bond motifs is 1. The van der Waals surface area contributed by atoms with Gasteiger partial charge in [-0.1, -0.05) is 49.7 Å². The molecule has 10 heteroatoms. The largest absolute Gasteiger partial charge is 0.484 e. The van der Waals surface area contributed by atoms with E-state index in [0.717, 1.165) is 16.5 Å². The molecule has 0 radical (unpaired) electrons. The Bertz CT molecular complexity index is 1450. The van der Waals surface area contributed by atoms with Gasteiger partial charge in [0.2, 0.25) is 10.0 Å². The Morgan fingerprint density at radius 2 is 1.67 bits per heavy atom. The highest BCUT2D eigenvalue weighted by atomic mass is 35.5. The number of hydrogen-bond acceptors (Lipinski definition) is 5. The number of ether oxygens (including phenoxy) is 1. The van der Waals surface area contributed by atoms with Crippen LogP contribution in [0.5, 0.6) is 5.75 Å². The molecule has 0 spiro atoms. The summed E-state index contributed by atoms with van der Waals surface area (Å²) in [4.78, 5) is 12.8. The number of carbonyl (C=O) groups is 1. The van der Waals surface area contributed by atoms with Crippen molar-refractivity contribution in [3.05, 3.63) is 83.4 Å². The topological polar surface area (TPSA) is 93.5 Å². The first-order valence-electron chi connectivity index (χ1n) is 11.5. The molecule has 3 aromatic carbocycles. The number of anilines is 1. The van der Waals surface area contributed by atoms with Crippen LogP contribution in [-0.2, 0) is 21.4 Å². The van der Waals surface area contributed by atoms with Crippen molar-refractivity contribution in [1.29, 1.82) is 0 Å². The fourth-order valence-corrected chi connectivity index (χ4v) is 5.42. The van der Waals surface area contributed by atoms with E-state index in [1.54, 1.807) is 53.2 Å². The zero-order valence-corrected chi connectivity index (χ0v) is 21.6. The summed E-state index contributed by atoms with van der Waals surface area (Å²) < 4.78 is 34.2. The van der Waals surface area contributed by atoms with E-state index in [4.69, 9.17) is 16.3 Å². The molecule has 0 fully saturated rings. The molecular formula is C26H27ClN4O4S. The number of amides is 1. The molecule has 0 unspecified atom stereocenters. The van der Waals surface area contributed by atoms with Crippen LogP contribution in [-0.4, -0.2) is 48.1 Å². The zero-order chi connectivity index (χ0) is 25.7. The summed E-state index contributed by atoms with van der Waals surface area (Å²) in [6, 6.07) is 21.1. The maximum Gasteiger partial charge on any atom is 0.263 e. The highest BCUT2D eigenvalue weighted by Gasteiger charge is 2.21. The summed E-state index contributed by atoms with van der Waals surface area (Å²) in [7, 11) is -3.52. The van der Waals surface area contributed by atoms with Crippen molar-refractivity contribution in [1.82, 2.24) is 14.1 Å². The standard InChI is InChI=1S/C26H27ClN4O4S/c1-3-30(4-2)36(33,34)22-15-9-19(10-16-22)17-31-24-8-6-5-7-23(24)26(29-31)28-25(32)18-35-21-13-11-20(27)12-14-21/h5-16H,3-4,17-18H2,1-2H3,(H,28,29,32). The average Bonchev–Trinajstić information content (AvgIpc) is 3.21. The second-order valence-electron chi connectivity index (χ2n) is 8.05. The van der Waals surface area contributed by atoms with Crippen LogP contribution in [0.4, 0.5) is 5.82 Å². The van der Waals surface area contributed by atoms with Gasteiger partial charge in [0.05, 0.1) is 17.0 Å². The molecule has 4 rings (SSSR count). The van der Waals surface area contributed by atoms with Gasteiger partial charge in [-0.3, -0.25) is 9.48 Å². The molecule has 36 heavy (non-hydrogen) atoms. The Morgan fingerprint density at radius 3 is 2.33 bits per heavy atom. The van der Waals surface area contributed by atoms with Gasteiger partial charge in [0.15, 0.2) is 12.4 Å². The summed E-state index contributed by atoms with van der Waals surface area (Å²) in [5.74, 6) is 0.624. The van der Waals surface area contributed by atoms with Crippen LogP contribution in [0.1, 0.15) is 19.4 Å². The lowest BCUT2D eigenvalue weighted by Gasteiger charge is -2.18. The number of para-hydroxylation sites is 1. The third-order valence-corrected chi connectivity index (χ3v) is 8.01. The van der Waals surface area contributed by atoms with Gasteiger partial charge in [-0.25, -0.2) is 8.42 Å². The molecule has 1 aromatic heterocycles. The number of benzene rings is 3. The van der Waals surface area contributed by atoms with Gasteiger partial charge in [-0.05, 0) is 54.1 Å². The molecule has 1 N–H and O–H groups in total. The number of nitrogens with one attached hydrogen (secondary N) is 1. The van der Waals surface area contributed by atoms with Crippen molar-refractivity contribution in [3.63, 3.8) is 0 Å². The Morgan fingerprint density at radius 1 is 1.00 bits per heavy atom. The zero-order valence-electron chi connectivity index (χ0n) is 20.0. The van der Waals surface area contributed by atoms with E-state index in [2.05, 4.69) is 10.4 Å². The molecule has 4 aromatic rings. The first-order chi connectivity index (χ1) is 17.3. The second-order valence-corrected chi connectivity index (χ2v) is 10.4. The van der Waals surface area contributed by atoms with Crippen molar-refractivity contribution in [3.8, 4) is 5.75 Å². The summed E-state index contributed by atoms with van der Waals surface area (Å²) in [6.45, 7) is 4.70. The fraction of sp³-hybridized carbons (Fsp3) is 0.231. The van der Waals surface area contributed by atoms with Gasteiger partial charge < -0.3 is 10.1 Å². The van der Waals surface area contributed by atoms with Crippen LogP contribution in [0.2, 0.25) is 5.02 Å². The van der Waals surface area contributed by atoms with Crippen molar-refractivity contribution < 1.29 is 17.9 Å². The van der Waals surface area contributed by atoms with Crippen LogP contribution < -0.4 is 10.1 Å². The van der Waals surface area contributed by atoms with Crippen molar-refractivity contribution in [2.75, 3.05) is 25.0 Å². The Balaban J connectivity index is 1.50. The Kier molecular flexibility index (Phi) is 7.93. The molecule has 0 atom stereocenters. The van der Waals surface area contributed by atoms with Gasteiger partial charge in [0.25, 0.3) is 5.91 Å². The molecular weight excluding hydrogens is 500 g/mol. The van der Waals surface area contributed by atoms with Crippen molar-refractivity contribution in [2.24, 2.45) is 0 Å². The predicted octanol–water partition coefficient (Wildman–Crippen LogP) is 4.79. The number of sulfonamides is 1. The molecule has 8 nitrogen and oxygen atoms in total. The number of halogens is 1. The highest BCUT2D eigenvalue weighted by Crippen LogP contribution is 2.24. The van der Waals surface area contributed by atoms with Crippen LogP contribution in [0.25, 0.3) is 10.9 Å². The minimum Gasteiger partial charge on any atom is -0.484 e. The number of aromatic nitrogens is 2. The first-order valence-corrected chi connectivity index (χ1v) is 13.4. The van der Waals surface area contributed by atoms with Gasteiger partial charge in [0.1, 0.15) is 5.75 Å². The van der Waals surface area contributed by atoms with E-state index in [0.29, 0.717) is 36.2 Å². The van der Waals surface area contributed by atoms with E-state index in [-0.39, 0.29) is 17.4 Å². The summed E-state index contributed by atoms with van der Waals surface area (Å²) in [6.07, 6.45) is 0. The van der Waals surface area contributed by atoms with Crippen LogP contribution in [0.3, 0.4) is 0 Å². The minimum absolute atomic E-state index is 0.175. The van der Waals surface area contributed by atoms with Gasteiger partial charge in [0, 0.05) is 23.5 Å². The van der Waals surface area contributed by atoms with Gasteiger partial charge in [-0.15, -0.1) is 0 Å². The third kappa shape index (κ3) is 5.70. The molecule has 0 aliphatic rings. The average molecular weight is 527 g/mol. The fourth-order valence-electron chi connectivity index (χ4n) is 3.84. The van der Waals surface area contributed by atoms with Crippen molar-refractivity contribution >= 4 is 44.3 Å². The van der Waals surface area contributed by atoms with E-state index < -0.39 is 10.0 Å². The van der Waals surface area contributed by atoms with Crippen LogP contribution in [0.15, 0.2) is 77.7 Å². The Labute approximate surface area is 215 Å². The number of carbonyl (C=O) groups excluding carboxylic acids is 1. The molecule has 0 saturated heterocycles. The molecule has 1 heterocycles. The molecule has 0 aliphatic heterocycles. The summed E-state index contributed by atoms with van der Waals surface area (Å²) in [5.41, 5.74) is 1.72. The maximum absolute atomic E-state index is 12.8. The van der Waals surface area contributed by atoms with Crippen LogP contribution >= 0.6 is 11.6 Å². The molecule has 188 valence electrons. The molecule has 0 saturated carbocycles. The summed E-state index contributed by atoms with van der Waals surface area (Å²) in [5, 5.41) is 8.80.